The van der Waals surface area contributed by atoms with Crippen LogP contribution in [0.5, 0.6) is 0 Å². The number of hydrogen-bond donors (Lipinski definition) is 0. The Hall–Kier alpha value is 0.844. The Morgan fingerprint density at radius 3 is 0.667 bits per heavy atom. The van der Waals surface area contributed by atoms with Crippen LogP contribution in [0.1, 0.15) is 22.3 Å². The Bertz CT molecular complexity index is 3.90. The number of rotatable bonds is 0. The fraction of sp³-hybridized carbons (Fsp3) is 0.600. The molecule has 0 fully saturated rings. The van der Waals surface area contributed by atoms with E-state index in [0.29, 0.717) is 0 Å². The molecule has 0 bridgehead atoms. The molecular formula is C5H16Y. The fourth-order valence-corrected chi connectivity index (χ4v) is 0. The van der Waals surface area contributed by atoms with Gasteiger partial charge in [0, 0.05) is 32.7 Å². The molecule has 0 saturated carbocycles. The van der Waals surface area contributed by atoms with Gasteiger partial charge in [0.2, 0.25) is 0 Å². The molecule has 0 heterocycles. The molecule has 0 aromatic rings. The summed E-state index contributed by atoms with van der Waals surface area (Å²) in [7, 11) is 0. The average molecular weight is 165 g/mol. The summed E-state index contributed by atoms with van der Waals surface area (Å²) < 4.78 is 0. The van der Waals surface area contributed by atoms with E-state index in [2.05, 4.69) is 13.2 Å². The summed E-state index contributed by atoms with van der Waals surface area (Å²) in [5, 5.41) is 0. The molecule has 0 aromatic heterocycles. The van der Waals surface area contributed by atoms with Crippen molar-refractivity contribution in [1.82, 2.24) is 0 Å². The van der Waals surface area contributed by atoms with Crippen molar-refractivity contribution in [3.63, 3.8) is 0 Å². The van der Waals surface area contributed by atoms with Crippen molar-refractivity contribution in [3.05, 3.63) is 13.2 Å². The third-order valence-electron chi connectivity index (χ3n) is 0. The van der Waals surface area contributed by atoms with Crippen LogP contribution in [0.4, 0.5) is 0 Å². The first-order chi connectivity index (χ1) is 1.00. The van der Waals surface area contributed by atoms with E-state index in [9.17, 15) is 0 Å². The molecule has 0 aliphatic rings. The van der Waals surface area contributed by atoms with Crippen molar-refractivity contribution in [3.8, 4) is 0 Å². The SMILES string of the molecule is C.C.C.C=C.[Y]. The van der Waals surface area contributed by atoms with Crippen molar-refractivity contribution in [1.29, 1.82) is 0 Å². The van der Waals surface area contributed by atoms with Crippen LogP contribution in [-0.2, 0) is 32.7 Å². The molecule has 0 nitrogen and oxygen atoms in total. The second kappa shape index (κ2) is 193. The molecule has 0 unspecified atom stereocenters. The minimum absolute atomic E-state index is 0. The van der Waals surface area contributed by atoms with Gasteiger partial charge in [0.1, 0.15) is 0 Å². The molecule has 0 spiro atoms. The second-order valence-electron chi connectivity index (χ2n) is 0. The smallest absolute Gasteiger partial charge is 0 e. The molecule has 0 aliphatic carbocycles. The van der Waals surface area contributed by atoms with Gasteiger partial charge in [-0.15, -0.1) is 13.2 Å². The Morgan fingerprint density at radius 1 is 0.667 bits per heavy atom. The zero-order chi connectivity index (χ0) is 2.00. The Kier molecular flexibility index (Phi) is 2210. The van der Waals surface area contributed by atoms with Gasteiger partial charge in [0.05, 0.1) is 0 Å². The van der Waals surface area contributed by atoms with Gasteiger partial charge in [0.25, 0.3) is 0 Å². The fourth-order valence-electron chi connectivity index (χ4n) is 0. The molecule has 0 aromatic carbocycles. The van der Waals surface area contributed by atoms with Crippen LogP contribution in [0.15, 0.2) is 13.2 Å². The summed E-state index contributed by atoms with van der Waals surface area (Å²) in [5.41, 5.74) is 0. The molecule has 0 atom stereocenters. The zero-order valence-corrected chi connectivity index (χ0v) is 4.83. The van der Waals surface area contributed by atoms with Gasteiger partial charge in [-0.2, -0.15) is 0 Å². The average Bonchev–Trinajstić information content (AvgIpc) is 1.00. The molecule has 0 rings (SSSR count). The van der Waals surface area contributed by atoms with Gasteiger partial charge in [-0.1, -0.05) is 22.3 Å². The molecular weight excluding hydrogens is 149 g/mol. The summed E-state index contributed by atoms with van der Waals surface area (Å²) in [6, 6.07) is 0. The van der Waals surface area contributed by atoms with Crippen LogP contribution in [-0.4, -0.2) is 0 Å². The quantitative estimate of drug-likeness (QED) is 0.484. The van der Waals surface area contributed by atoms with Crippen LogP contribution >= 0.6 is 0 Å². The normalized spacial score (nSPS) is 0.667. The topological polar surface area (TPSA) is 0 Å². The van der Waals surface area contributed by atoms with Gasteiger partial charge < -0.3 is 0 Å². The third-order valence-corrected chi connectivity index (χ3v) is 0. The Balaban J connectivity index is -0.000000000833. The first-order valence-corrected chi connectivity index (χ1v) is 0.500. The van der Waals surface area contributed by atoms with E-state index in [-0.39, 0.29) is 55.0 Å². The van der Waals surface area contributed by atoms with Crippen LogP contribution < -0.4 is 0 Å². The zero-order valence-electron chi connectivity index (χ0n) is 1.99. The van der Waals surface area contributed by atoms with E-state index in [1.807, 2.05) is 0 Å². The molecule has 0 amide bonds. The standard InChI is InChI=1S/C2H4.3CH4.Y/c1-2;;;;/h1-2H2;3*1H4;. The van der Waals surface area contributed by atoms with Crippen LogP contribution in [0.3, 0.4) is 0 Å². The van der Waals surface area contributed by atoms with Crippen LogP contribution in [0.2, 0.25) is 0 Å². The second-order valence-corrected chi connectivity index (χ2v) is 0. The van der Waals surface area contributed by atoms with Crippen molar-refractivity contribution in [2.24, 2.45) is 0 Å². The molecule has 1 heteroatoms. The summed E-state index contributed by atoms with van der Waals surface area (Å²) in [6.45, 7) is 6.00. The largest absolute Gasteiger partial charge is 0.106 e. The van der Waals surface area contributed by atoms with Gasteiger partial charge in [-0.05, 0) is 0 Å². The molecule has 0 N–H and O–H groups in total. The summed E-state index contributed by atoms with van der Waals surface area (Å²) in [4.78, 5) is 0. The van der Waals surface area contributed by atoms with Gasteiger partial charge in [-0.25, -0.2) is 0 Å². The van der Waals surface area contributed by atoms with E-state index in [1.54, 1.807) is 0 Å². The third kappa shape index (κ3) is 100. The molecule has 6 heavy (non-hydrogen) atoms. The monoisotopic (exact) mass is 165 g/mol. The first kappa shape index (κ1) is 68.7. The molecule has 0 saturated heterocycles. The van der Waals surface area contributed by atoms with Gasteiger partial charge >= 0.3 is 0 Å². The summed E-state index contributed by atoms with van der Waals surface area (Å²) in [6.07, 6.45) is 0. The van der Waals surface area contributed by atoms with Crippen molar-refractivity contribution >= 4 is 0 Å². The van der Waals surface area contributed by atoms with E-state index >= 15 is 0 Å². The minimum atomic E-state index is 0. The van der Waals surface area contributed by atoms with E-state index in [4.69, 9.17) is 0 Å². The molecule has 1 radical (unpaired) electrons. The number of hydrogen-bond acceptors (Lipinski definition) is 0. The van der Waals surface area contributed by atoms with Gasteiger partial charge in [-0.3, -0.25) is 0 Å². The molecule has 0 aliphatic heterocycles. The van der Waals surface area contributed by atoms with E-state index in [0.717, 1.165) is 0 Å². The maximum atomic E-state index is 3.00. The van der Waals surface area contributed by atoms with Crippen molar-refractivity contribution in [2.45, 2.75) is 22.3 Å². The van der Waals surface area contributed by atoms with Crippen LogP contribution in [0, 0.1) is 0 Å². The Labute approximate surface area is 67.9 Å². The maximum absolute atomic E-state index is 3.00. The van der Waals surface area contributed by atoms with Gasteiger partial charge in [0.15, 0.2) is 0 Å². The maximum Gasteiger partial charge on any atom is 0 e. The van der Waals surface area contributed by atoms with Crippen molar-refractivity contribution in [2.75, 3.05) is 0 Å². The first-order valence-electron chi connectivity index (χ1n) is 0.500. The summed E-state index contributed by atoms with van der Waals surface area (Å²) in [5.74, 6) is 0. The Morgan fingerprint density at radius 2 is 0.667 bits per heavy atom. The van der Waals surface area contributed by atoms with Crippen molar-refractivity contribution < 1.29 is 32.7 Å². The predicted octanol–water partition coefficient (Wildman–Crippen LogP) is 2.71. The van der Waals surface area contributed by atoms with Crippen LogP contribution in [0.25, 0.3) is 0 Å². The predicted molar refractivity (Wildman–Crippen MR) is 31.4 cm³/mol. The minimum Gasteiger partial charge on any atom is -0.106 e. The molecule has 39 valence electrons. The van der Waals surface area contributed by atoms with E-state index < -0.39 is 0 Å². The van der Waals surface area contributed by atoms with E-state index in [1.165, 1.54) is 0 Å². The summed E-state index contributed by atoms with van der Waals surface area (Å²) >= 11 is 0.